The lowest BCUT2D eigenvalue weighted by Crippen LogP contribution is -2.74. The summed E-state index contributed by atoms with van der Waals surface area (Å²) in [6.45, 7) is 4.13. The maximum atomic E-state index is 14.0. The number of hydrogen-bond donors (Lipinski definition) is 1. The number of hydrogen-bond acceptors (Lipinski definition) is 2. The fourth-order valence-corrected chi connectivity index (χ4v) is 2.83. The summed E-state index contributed by atoms with van der Waals surface area (Å²) >= 11 is 0. The van der Waals surface area contributed by atoms with Crippen molar-refractivity contribution in [3.05, 3.63) is 24.3 Å². The maximum absolute atomic E-state index is 14.0. The molecule has 38 heavy (non-hydrogen) atoms. The van der Waals surface area contributed by atoms with Gasteiger partial charge in [0, 0.05) is 24.5 Å². The molecule has 220 valence electrons. The van der Waals surface area contributed by atoms with Gasteiger partial charge in [0.1, 0.15) is 0 Å². The van der Waals surface area contributed by atoms with Gasteiger partial charge in [-0.15, -0.1) is 0 Å². The number of benzene rings is 1. The van der Waals surface area contributed by atoms with Crippen LogP contribution >= 0.6 is 0 Å². The van der Waals surface area contributed by atoms with Crippen molar-refractivity contribution in [1.82, 2.24) is 0 Å². The van der Waals surface area contributed by atoms with E-state index in [0.717, 1.165) is 29.6 Å². The molecule has 0 fully saturated rings. The van der Waals surface area contributed by atoms with E-state index < -0.39 is 59.5 Å². The standard InChI is InChI=1S/C19H16F16N2O/c1-3-37(4-2)10-7-5-9(6-8-10)36-12(38)14(24,25)16(28,29)18(32,33)19(34,35)17(30,31)15(26,27)13(22,23)11(20)21/h5-8,11H,3-4H2,1-2H3,(H,36,38). The Kier molecular flexibility index (Phi) is 8.93. The zero-order chi connectivity index (χ0) is 30.3. The highest BCUT2D eigenvalue weighted by atomic mass is 19.4. The minimum atomic E-state index is -8.56. The van der Waals surface area contributed by atoms with Gasteiger partial charge < -0.3 is 10.2 Å². The molecule has 1 rings (SSSR count). The van der Waals surface area contributed by atoms with Gasteiger partial charge in [0.2, 0.25) is 0 Å². The highest BCUT2D eigenvalue weighted by Crippen LogP contribution is 2.62. The van der Waals surface area contributed by atoms with Crippen molar-refractivity contribution in [2.75, 3.05) is 23.3 Å². The Bertz CT molecular complexity index is 973. The topological polar surface area (TPSA) is 32.3 Å². The zero-order valence-electron chi connectivity index (χ0n) is 18.7. The van der Waals surface area contributed by atoms with E-state index in [1.54, 1.807) is 18.7 Å². The van der Waals surface area contributed by atoms with Crippen LogP contribution in [-0.2, 0) is 4.79 Å². The van der Waals surface area contributed by atoms with E-state index in [0.29, 0.717) is 18.8 Å². The Labute approximate surface area is 202 Å². The lowest BCUT2D eigenvalue weighted by atomic mass is 9.89. The number of anilines is 2. The molecule has 19 heteroatoms. The number of nitrogens with zero attached hydrogens (tertiary/aromatic N) is 1. The van der Waals surface area contributed by atoms with Gasteiger partial charge in [-0.25, -0.2) is 8.78 Å². The monoisotopic (exact) mass is 592 g/mol. The Morgan fingerprint density at radius 1 is 0.684 bits per heavy atom. The summed E-state index contributed by atoms with van der Waals surface area (Å²) in [6, 6.07) is 3.67. The number of amides is 1. The number of alkyl halides is 16. The van der Waals surface area contributed by atoms with Gasteiger partial charge in [-0.1, -0.05) is 0 Å². The number of carbonyl (C=O) groups is 1. The number of halogens is 16. The summed E-state index contributed by atoms with van der Waals surface area (Å²) in [4.78, 5) is 13.2. The molecule has 1 aromatic carbocycles. The first-order valence-electron chi connectivity index (χ1n) is 9.92. The van der Waals surface area contributed by atoms with E-state index in [1.807, 2.05) is 0 Å². The Morgan fingerprint density at radius 3 is 1.42 bits per heavy atom. The molecule has 0 atom stereocenters. The van der Waals surface area contributed by atoms with E-state index in [4.69, 9.17) is 0 Å². The molecule has 0 heterocycles. The summed E-state index contributed by atoms with van der Waals surface area (Å²) < 4.78 is 214. The SMILES string of the molecule is CCN(CC)c1ccc(NC(=O)C(F)(F)C(F)(F)C(F)(F)C(F)(F)C(F)(F)C(F)(F)C(F)(F)C(F)F)cc1. The van der Waals surface area contributed by atoms with E-state index in [1.165, 1.54) is 0 Å². The van der Waals surface area contributed by atoms with Crippen LogP contribution < -0.4 is 10.2 Å². The molecule has 0 bridgehead atoms. The number of carbonyl (C=O) groups excluding carboxylic acids is 1. The van der Waals surface area contributed by atoms with Crippen molar-refractivity contribution >= 4 is 17.3 Å². The largest absolute Gasteiger partial charge is 0.393 e. The van der Waals surface area contributed by atoms with E-state index in [-0.39, 0.29) is 0 Å². The quantitative estimate of drug-likeness (QED) is 0.261. The zero-order valence-corrected chi connectivity index (χ0v) is 18.7. The maximum Gasteiger partial charge on any atom is 0.393 e. The molecular formula is C19H16F16N2O. The third-order valence-electron chi connectivity index (χ3n) is 5.20. The van der Waals surface area contributed by atoms with Crippen LogP contribution in [0.5, 0.6) is 0 Å². The molecule has 0 saturated carbocycles. The highest BCUT2D eigenvalue weighted by molar-refractivity contribution is 5.97. The molecule has 0 aliphatic heterocycles. The van der Waals surface area contributed by atoms with Crippen LogP contribution in [-0.4, -0.2) is 66.9 Å². The molecule has 0 radical (unpaired) electrons. The third-order valence-corrected chi connectivity index (χ3v) is 5.20. The summed E-state index contributed by atoms with van der Waals surface area (Å²) in [5, 5.41) is 0.902. The van der Waals surface area contributed by atoms with Gasteiger partial charge in [-0.3, -0.25) is 4.79 Å². The molecule has 3 nitrogen and oxygen atoms in total. The first kappa shape index (κ1) is 33.4. The first-order chi connectivity index (χ1) is 16.8. The van der Waals surface area contributed by atoms with Crippen molar-refractivity contribution in [2.24, 2.45) is 0 Å². The molecule has 1 aromatic rings. The van der Waals surface area contributed by atoms with Crippen molar-refractivity contribution in [3.8, 4) is 0 Å². The number of rotatable bonds is 12. The Morgan fingerprint density at radius 2 is 1.05 bits per heavy atom. The second-order valence-electron chi connectivity index (χ2n) is 7.54. The summed E-state index contributed by atoms with van der Waals surface area (Å²) in [7, 11) is 0. The van der Waals surface area contributed by atoms with E-state index in [2.05, 4.69) is 0 Å². The Balaban J connectivity index is 3.44. The summed E-state index contributed by atoms with van der Waals surface area (Å²) in [5.41, 5.74) is -0.482. The van der Waals surface area contributed by atoms with Crippen molar-refractivity contribution in [1.29, 1.82) is 0 Å². The van der Waals surface area contributed by atoms with Crippen molar-refractivity contribution in [2.45, 2.75) is 61.7 Å². The molecule has 1 N–H and O–H groups in total. The third kappa shape index (κ3) is 4.80. The van der Waals surface area contributed by atoms with Gasteiger partial charge in [-0.2, -0.15) is 61.5 Å². The van der Waals surface area contributed by atoms with E-state index >= 15 is 0 Å². The molecule has 0 aliphatic carbocycles. The smallest absolute Gasteiger partial charge is 0.372 e. The van der Waals surface area contributed by atoms with Gasteiger partial charge in [0.05, 0.1) is 0 Å². The minimum absolute atomic E-state index is 0.361. The van der Waals surface area contributed by atoms with Gasteiger partial charge >= 0.3 is 53.8 Å². The van der Waals surface area contributed by atoms with Crippen LogP contribution in [0.15, 0.2) is 24.3 Å². The molecular weight excluding hydrogens is 576 g/mol. The van der Waals surface area contributed by atoms with Crippen LogP contribution in [0.2, 0.25) is 0 Å². The van der Waals surface area contributed by atoms with E-state index in [9.17, 15) is 75.0 Å². The molecule has 0 spiro atoms. The lowest BCUT2D eigenvalue weighted by molar-refractivity contribution is -0.443. The highest BCUT2D eigenvalue weighted by Gasteiger charge is 2.94. The average molecular weight is 592 g/mol. The van der Waals surface area contributed by atoms with Gasteiger partial charge in [0.15, 0.2) is 0 Å². The van der Waals surface area contributed by atoms with Gasteiger partial charge in [-0.05, 0) is 38.1 Å². The van der Waals surface area contributed by atoms with Crippen LogP contribution in [0.25, 0.3) is 0 Å². The van der Waals surface area contributed by atoms with Crippen molar-refractivity contribution in [3.63, 3.8) is 0 Å². The second-order valence-corrected chi connectivity index (χ2v) is 7.54. The Hall–Kier alpha value is -2.63. The molecule has 0 aromatic heterocycles. The fraction of sp³-hybridized carbons (Fsp3) is 0.632. The summed E-state index contributed by atoms with van der Waals surface area (Å²) in [5.74, 6) is -59.7. The summed E-state index contributed by atoms with van der Waals surface area (Å²) in [6.07, 6.45) is -5.92. The molecule has 1 amide bonds. The number of nitrogens with one attached hydrogen (secondary N) is 1. The normalized spacial score (nSPS) is 14.6. The van der Waals surface area contributed by atoms with Crippen LogP contribution in [0.1, 0.15) is 13.8 Å². The van der Waals surface area contributed by atoms with Crippen LogP contribution in [0, 0.1) is 0 Å². The van der Waals surface area contributed by atoms with Crippen LogP contribution in [0.4, 0.5) is 81.6 Å². The van der Waals surface area contributed by atoms with Gasteiger partial charge in [0.25, 0.3) is 0 Å². The predicted octanol–water partition coefficient (Wildman–Crippen LogP) is 7.18. The minimum Gasteiger partial charge on any atom is -0.372 e. The molecule has 0 saturated heterocycles. The molecule has 0 aliphatic rings. The fourth-order valence-electron chi connectivity index (χ4n) is 2.83. The molecule has 0 unspecified atom stereocenters. The predicted molar refractivity (Wildman–Crippen MR) is 99.3 cm³/mol. The average Bonchev–Trinajstić information content (AvgIpc) is 2.79. The van der Waals surface area contributed by atoms with Crippen LogP contribution in [0.3, 0.4) is 0 Å². The van der Waals surface area contributed by atoms with Crippen molar-refractivity contribution < 1.29 is 75.0 Å². The lowest BCUT2D eigenvalue weighted by Gasteiger charge is -2.42. The second kappa shape index (κ2) is 10.2. The first-order valence-corrected chi connectivity index (χ1v) is 9.92.